The van der Waals surface area contributed by atoms with Gasteiger partial charge in [0.05, 0.1) is 6.10 Å². The average Bonchev–Trinajstić information content (AvgIpc) is 2.45. The Hall–Kier alpha value is -0.730. The van der Waals surface area contributed by atoms with E-state index >= 15 is 0 Å². The van der Waals surface area contributed by atoms with E-state index in [0.29, 0.717) is 23.5 Å². The second-order valence-electron chi connectivity index (χ2n) is 5.45. The molecule has 1 saturated carbocycles. The molecule has 3 atom stereocenters. The normalized spacial score (nSPS) is 25.0. The van der Waals surface area contributed by atoms with Gasteiger partial charge in [0.15, 0.2) is 0 Å². The first-order valence-corrected chi connectivity index (χ1v) is 7.65. The third-order valence-corrected chi connectivity index (χ3v) is 4.44. The lowest BCUT2D eigenvalue weighted by atomic mass is 9.75. The van der Waals surface area contributed by atoms with Crippen molar-refractivity contribution in [1.29, 1.82) is 0 Å². The van der Waals surface area contributed by atoms with Crippen molar-refractivity contribution in [2.75, 3.05) is 6.61 Å². The van der Waals surface area contributed by atoms with Gasteiger partial charge in [0.25, 0.3) is 0 Å². The first kappa shape index (κ1) is 14.7. The van der Waals surface area contributed by atoms with E-state index < -0.39 is 0 Å². The van der Waals surface area contributed by atoms with Gasteiger partial charge in [0, 0.05) is 5.02 Å². The number of hydrogen-bond acceptors (Lipinski definition) is 2. The lowest BCUT2D eigenvalue weighted by Crippen LogP contribution is -2.34. The number of benzene rings is 1. The second kappa shape index (κ2) is 7.16. The van der Waals surface area contributed by atoms with Crippen LogP contribution in [-0.2, 0) is 0 Å². The molecule has 0 saturated heterocycles. The SMILES string of the molecule is CCC1CCCCC1C(O)COc1cccc(Cl)c1. The highest BCUT2D eigenvalue weighted by atomic mass is 35.5. The Morgan fingerprint density at radius 1 is 1.37 bits per heavy atom. The number of aliphatic hydroxyl groups is 1. The van der Waals surface area contributed by atoms with Crippen LogP contribution in [0.1, 0.15) is 39.0 Å². The number of ether oxygens (including phenoxy) is 1. The number of rotatable bonds is 5. The molecule has 1 aromatic carbocycles. The third-order valence-electron chi connectivity index (χ3n) is 4.20. The maximum absolute atomic E-state index is 10.3. The summed E-state index contributed by atoms with van der Waals surface area (Å²) < 4.78 is 5.66. The summed E-state index contributed by atoms with van der Waals surface area (Å²) >= 11 is 5.91. The minimum Gasteiger partial charge on any atom is -0.491 e. The minimum atomic E-state index is -0.371. The van der Waals surface area contributed by atoms with Gasteiger partial charge < -0.3 is 9.84 Å². The molecule has 2 nitrogen and oxygen atoms in total. The summed E-state index contributed by atoms with van der Waals surface area (Å²) in [5, 5.41) is 11.0. The van der Waals surface area contributed by atoms with Gasteiger partial charge in [0.1, 0.15) is 12.4 Å². The predicted octanol–water partition coefficient (Wildman–Crippen LogP) is 4.30. The molecule has 0 heterocycles. The molecule has 1 aliphatic rings. The van der Waals surface area contributed by atoms with Crippen molar-refractivity contribution in [2.24, 2.45) is 11.8 Å². The molecule has 2 rings (SSSR count). The molecule has 0 aliphatic heterocycles. The van der Waals surface area contributed by atoms with E-state index in [-0.39, 0.29) is 6.10 Å². The lowest BCUT2D eigenvalue weighted by Gasteiger charge is -2.34. The van der Waals surface area contributed by atoms with Gasteiger partial charge >= 0.3 is 0 Å². The van der Waals surface area contributed by atoms with Gasteiger partial charge in [-0.2, -0.15) is 0 Å². The summed E-state index contributed by atoms with van der Waals surface area (Å²) in [6.07, 6.45) is 5.68. The van der Waals surface area contributed by atoms with E-state index in [2.05, 4.69) is 6.92 Å². The first-order valence-electron chi connectivity index (χ1n) is 7.27. The van der Waals surface area contributed by atoms with Crippen molar-refractivity contribution in [3.8, 4) is 5.75 Å². The fraction of sp³-hybridized carbons (Fsp3) is 0.625. The highest BCUT2D eigenvalue weighted by Gasteiger charge is 2.29. The molecule has 0 bridgehead atoms. The van der Waals surface area contributed by atoms with Gasteiger partial charge in [-0.15, -0.1) is 0 Å². The van der Waals surface area contributed by atoms with Crippen LogP contribution in [0.2, 0.25) is 5.02 Å². The fourth-order valence-electron chi connectivity index (χ4n) is 3.11. The van der Waals surface area contributed by atoms with Crippen molar-refractivity contribution in [3.63, 3.8) is 0 Å². The van der Waals surface area contributed by atoms with Crippen LogP contribution in [0, 0.1) is 11.8 Å². The molecule has 1 fully saturated rings. The standard InChI is InChI=1S/C16H23ClO2/c1-2-12-6-3-4-9-15(12)16(18)11-19-14-8-5-7-13(17)10-14/h5,7-8,10,12,15-16,18H,2-4,6,9,11H2,1H3. The molecule has 0 spiro atoms. The Morgan fingerprint density at radius 2 is 2.16 bits per heavy atom. The molecule has 1 aromatic rings. The molecule has 1 aliphatic carbocycles. The maximum Gasteiger partial charge on any atom is 0.120 e. The zero-order valence-corrected chi connectivity index (χ0v) is 12.3. The summed E-state index contributed by atoms with van der Waals surface area (Å²) in [5.74, 6) is 1.76. The molecule has 3 heteroatoms. The van der Waals surface area contributed by atoms with E-state index in [1.807, 2.05) is 18.2 Å². The second-order valence-corrected chi connectivity index (χ2v) is 5.89. The molecule has 0 aromatic heterocycles. The number of hydrogen-bond donors (Lipinski definition) is 1. The summed E-state index contributed by atoms with van der Waals surface area (Å²) in [6.45, 7) is 2.58. The molecular formula is C16H23ClO2. The van der Waals surface area contributed by atoms with Crippen molar-refractivity contribution >= 4 is 11.6 Å². The fourth-order valence-corrected chi connectivity index (χ4v) is 3.29. The molecule has 19 heavy (non-hydrogen) atoms. The first-order chi connectivity index (χ1) is 9.20. The van der Waals surface area contributed by atoms with Crippen LogP contribution >= 0.6 is 11.6 Å². The highest BCUT2D eigenvalue weighted by Crippen LogP contribution is 2.34. The molecule has 106 valence electrons. The zero-order valence-electron chi connectivity index (χ0n) is 11.5. The van der Waals surface area contributed by atoms with Crippen LogP contribution in [0.5, 0.6) is 5.75 Å². The van der Waals surface area contributed by atoms with Gasteiger partial charge in [-0.25, -0.2) is 0 Å². The van der Waals surface area contributed by atoms with Crippen LogP contribution in [-0.4, -0.2) is 17.8 Å². The summed E-state index contributed by atoms with van der Waals surface area (Å²) in [4.78, 5) is 0. The number of aliphatic hydroxyl groups excluding tert-OH is 1. The zero-order chi connectivity index (χ0) is 13.7. The Labute approximate surface area is 120 Å². The Balaban J connectivity index is 1.87. The van der Waals surface area contributed by atoms with Gasteiger partial charge in [-0.3, -0.25) is 0 Å². The smallest absolute Gasteiger partial charge is 0.120 e. The van der Waals surface area contributed by atoms with E-state index in [9.17, 15) is 5.11 Å². The minimum absolute atomic E-state index is 0.363. The topological polar surface area (TPSA) is 29.5 Å². The Morgan fingerprint density at radius 3 is 2.89 bits per heavy atom. The summed E-state index contributed by atoms with van der Waals surface area (Å²) in [7, 11) is 0. The lowest BCUT2D eigenvalue weighted by molar-refractivity contribution is 0.0127. The van der Waals surface area contributed by atoms with Crippen LogP contribution in [0.4, 0.5) is 0 Å². The Kier molecular flexibility index (Phi) is 5.53. The number of halogens is 1. The van der Waals surface area contributed by atoms with Crippen molar-refractivity contribution in [2.45, 2.75) is 45.1 Å². The van der Waals surface area contributed by atoms with Gasteiger partial charge in [-0.1, -0.05) is 50.3 Å². The third kappa shape index (κ3) is 4.12. The molecule has 0 amide bonds. The molecule has 3 unspecified atom stereocenters. The van der Waals surface area contributed by atoms with E-state index in [1.54, 1.807) is 6.07 Å². The van der Waals surface area contributed by atoms with Gasteiger partial charge in [0.2, 0.25) is 0 Å². The van der Waals surface area contributed by atoms with E-state index in [4.69, 9.17) is 16.3 Å². The highest BCUT2D eigenvalue weighted by molar-refractivity contribution is 6.30. The molecule has 1 N–H and O–H groups in total. The summed E-state index contributed by atoms with van der Waals surface area (Å²) in [5.41, 5.74) is 0. The van der Waals surface area contributed by atoms with Crippen molar-refractivity contribution in [1.82, 2.24) is 0 Å². The molecular weight excluding hydrogens is 260 g/mol. The quantitative estimate of drug-likeness (QED) is 0.873. The van der Waals surface area contributed by atoms with Crippen molar-refractivity contribution in [3.05, 3.63) is 29.3 Å². The van der Waals surface area contributed by atoms with E-state index in [1.165, 1.54) is 19.3 Å². The maximum atomic E-state index is 10.3. The summed E-state index contributed by atoms with van der Waals surface area (Å²) in [6, 6.07) is 7.34. The average molecular weight is 283 g/mol. The predicted molar refractivity (Wildman–Crippen MR) is 78.7 cm³/mol. The Bertz CT molecular complexity index is 394. The monoisotopic (exact) mass is 282 g/mol. The van der Waals surface area contributed by atoms with Crippen LogP contribution in [0.15, 0.2) is 24.3 Å². The van der Waals surface area contributed by atoms with Crippen LogP contribution < -0.4 is 4.74 Å². The van der Waals surface area contributed by atoms with E-state index in [0.717, 1.165) is 18.6 Å². The largest absolute Gasteiger partial charge is 0.491 e. The van der Waals surface area contributed by atoms with Gasteiger partial charge in [-0.05, 0) is 36.5 Å². The van der Waals surface area contributed by atoms with Crippen LogP contribution in [0.25, 0.3) is 0 Å². The molecule has 0 radical (unpaired) electrons. The van der Waals surface area contributed by atoms with Crippen LogP contribution in [0.3, 0.4) is 0 Å². The van der Waals surface area contributed by atoms with Crippen molar-refractivity contribution < 1.29 is 9.84 Å².